The van der Waals surface area contributed by atoms with Gasteiger partial charge in [0.2, 0.25) is 5.90 Å². The average molecular weight is 385 g/mol. The molecule has 1 spiro atoms. The minimum absolute atomic E-state index is 0.147. The SMILES string of the molecule is CCn1ncc2c(NC3CCOCC3)c(C3=NC4(CCOCC4)CO3)cnc21. The maximum absolute atomic E-state index is 6.11. The highest BCUT2D eigenvalue weighted by Crippen LogP contribution is 2.35. The number of hydrogen-bond acceptors (Lipinski definition) is 7. The van der Waals surface area contributed by atoms with Gasteiger partial charge >= 0.3 is 0 Å². The minimum atomic E-state index is -0.147. The van der Waals surface area contributed by atoms with Crippen LogP contribution in [0.5, 0.6) is 0 Å². The molecule has 5 rings (SSSR count). The largest absolute Gasteiger partial charge is 0.475 e. The molecule has 0 unspecified atom stereocenters. The Kier molecular flexibility index (Phi) is 4.68. The number of nitrogens with one attached hydrogen (secondary N) is 1. The molecule has 2 saturated heterocycles. The van der Waals surface area contributed by atoms with Crippen LogP contribution >= 0.6 is 0 Å². The minimum Gasteiger partial charge on any atom is -0.475 e. The number of fused-ring (bicyclic) bond motifs is 1. The van der Waals surface area contributed by atoms with Gasteiger partial charge in [-0.3, -0.25) is 0 Å². The Bertz CT molecular complexity index is 881. The predicted molar refractivity (Wildman–Crippen MR) is 106 cm³/mol. The van der Waals surface area contributed by atoms with Gasteiger partial charge in [-0.25, -0.2) is 14.7 Å². The lowest BCUT2D eigenvalue weighted by Gasteiger charge is -2.28. The van der Waals surface area contributed by atoms with E-state index in [2.05, 4.69) is 17.3 Å². The van der Waals surface area contributed by atoms with E-state index in [9.17, 15) is 0 Å². The lowest BCUT2D eigenvalue weighted by molar-refractivity contribution is 0.0442. The van der Waals surface area contributed by atoms with Crippen LogP contribution in [0.15, 0.2) is 17.4 Å². The Morgan fingerprint density at radius 3 is 2.71 bits per heavy atom. The summed E-state index contributed by atoms with van der Waals surface area (Å²) in [6.45, 7) is 6.54. The van der Waals surface area contributed by atoms with Gasteiger partial charge in [0, 0.05) is 45.2 Å². The molecule has 2 aromatic rings. The van der Waals surface area contributed by atoms with Crippen LogP contribution in [0.3, 0.4) is 0 Å². The van der Waals surface area contributed by atoms with Crippen molar-refractivity contribution in [3.8, 4) is 0 Å². The summed E-state index contributed by atoms with van der Waals surface area (Å²) in [5.74, 6) is 0.690. The number of ether oxygens (including phenoxy) is 3. The second-order valence-corrected chi connectivity index (χ2v) is 7.82. The molecule has 2 aromatic heterocycles. The van der Waals surface area contributed by atoms with Gasteiger partial charge in [-0.1, -0.05) is 0 Å². The number of aryl methyl sites for hydroxylation is 1. The van der Waals surface area contributed by atoms with Crippen LogP contribution in [-0.4, -0.2) is 65.3 Å². The molecule has 28 heavy (non-hydrogen) atoms. The molecule has 0 saturated carbocycles. The summed E-state index contributed by atoms with van der Waals surface area (Å²) in [7, 11) is 0. The number of pyridine rings is 1. The van der Waals surface area contributed by atoms with Gasteiger partial charge in [0.25, 0.3) is 0 Å². The summed E-state index contributed by atoms with van der Waals surface area (Å²) in [5, 5.41) is 9.27. The molecule has 0 atom stereocenters. The van der Waals surface area contributed by atoms with E-state index in [-0.39, 0.29) is 5.54 Å². The molecule has 8 nitrogen and oxygen atoms in total. The lowest BCUT2D eigenvalue weighted by Crippen LogP contribution is -2.35. The predicted octanol–water partition coefficient (Wildman–Crippen LogP) is 2.37. The first-order valence-corrected chi connectivity index (χ1v) is 10.3. The fourth-order valence-electron chi connectivity index (χ4n) is 4.25. The highest BCUT2D eigenvalue weighted by atomic mass is 16.5. The van der Waals surface area contributed by atoms with Crippen LogP contribution in [0.1, 0.15) is 38.2 Å². The lowest BCUT2D eigenvalue weighted by atomic mass is 9.92. The standard InChI is InChI=1S/C20H27N5O3/c1-2-25-18-15(12-22-25)17(23-14-3-7-26-8-4-14)16(11-21-18)19-24-20(13-28-19)5-9-27-10-6-20/h11-12,14H,2-10,13H2,1H3,(H,21,23). The Hall–Kier alpha value is -2.19. The Labute approximate surface area is 164 Å². The van der Waals surface area contributed by atoms with E-state index in [1.807, 2.05) is 17.1 Å². The summed E-state index contributed by atoms with van der Waals surface area (Å²) in [4.78, 5) is 9.71. The monoisotopic (exact) mass is 385 g/mol. The quantitative estimate of drug-likeness (QED) is 0.870. The summed E-state index contributed by atoms with van der Waals surface area (Å²) in [6, 6.07) is 0.363. The number of anilines is 1. The van der Waals surface area contributed by atoms with E-state index >= 15 is 0 Å². The first-order valence-electron chi connectivity index (χ1n) is 10.3. The van der Waals surface area contributed by atoms with Crippen molar-refractivity contribution in [3.05, 3.63) is 18.0 Å². The van der Waals surface area contributed by atoms with Gasteiger partial charge in [0.05, 0.1) is 22.8 Å². The average Bonchev–Trinajstić information content (AvgIpc) is 3.34. The second-order valence-electron chi connectivity index (χ2n) is 7.82. The first-order chi connectivity index (χ1) is 13.8. The summed E-state index contributed by atoms with van der Waals surface area (Å²) in [6.07, 6.45) is 7.57. The Morgan fingerprint density at radius 2 is 1.93 bits per heavy atom. The zero-order valence-corrected chi connectivity index (χ0v) is 16.3. The van der Waals surface area contributed by atoms with Gasteiger partial charge in [-0.2, -0.15) is 5.10 Å². The smallest absolute Gasteiger partial charge is 0.220 e. The molecule has 0 aliphatic carbocycles. The number of aromatic nitrogens is 3. The van der Waals surface area contributed by atoms with Gasteiger partial charge in [-0.15, -0.1) is 0 Å². The van der Waals surface area contributed by atoms with E-state index in [0.29, 0.717) is 18.5 Å². The zero-order valence-electron chi connectivity index (χ0n) is 16.3. The number of nitrogens with zero attached hydrogens (tertiary/aromatic N) is 4. The normalized spacial score (nSPS) is 22.4. The fraction of sp³-hybridized carbons (Fsp3) is 0.650. The number of aliphatic imine (C=N–C) groups is 1. The second kappa shape index (κ2) is 7.33. The van der Waals surface area contributed by atoms with Gasteiger partial charge in [0.1, 0.15) is 12.1 Å². The van der Waals surface area contributed by atoms with Crippen molar-refractivity contribution in [3.63, 3.8) is 0 Å². The number of hydrogen-bond donors (Lipinski definition) is 1. The third kappa shape index (κ3) is 3.14. The third-order valence-corrected chi connectivity index (χ3v) is 6.01. The van der Waals surface area contributed by atoms with Crippen molar-refractivity contribution < 1.29 is 14.2 Å². The van der Waals surface area contributed by atoms with Crippen molar-refractivity contribution in [1.29, 1.82) is 0 Å². The highest BCUT2D eigenvalue weighted by Gasteiger charge is 2.39. The Morgan fingerprint density at radius 1 is 1.14 bits per heavy atom. The van der Waals surface area contributed by atoms with Crippen LogP contribution in [0.2, 0.25) is 0 Å². The summed E-state index contributed by atoms with van der Waals surface area (Å²) >= 11 is 0. The van der Waals surface area contributed by atoms with E-state index in [4.69, 9.17) is 24.2 Å². The zero-order chi connectivity index (χ0) is 19.0. The molecule has 0 radical (unpaired) electrons. The van der Waals surface area contributed by atoms with Crippen LogP contribution in [-0.2, 0) is 20.8 Å². The van der Waals surface area contributed by atoms with Crippen molar-refractivity contribution in [2.45, 2.75) is 50.7 Å². The molecule has 5 heterocycles. The molecule has 8 heteroatoms. The summed E-state index contributed by atoms with van der Waals surface area (Å²) < 4.78 is 19.1. The molecular formula is C20H27N5O3. The summed E-state index contributed by atoms with van der Waals surface area (Å²) in [5.41, 5.74) is 2.70. The van der Waals surface area contributed by atoms with Crippen LogP contribution in [0, 0.1) is 0 Å². The molecule has 2 fully saturated rings. The molecule has 3 aliphatic rings. The highest BCUT2D eigenvalue weighted by molar-refractivity contribution is 6.07. The van der Waals surface area contributed by atoms with Crippen molar-refractivity contribution >= 4 is 22.6 Å². The van der Waals surface area contributed by atoms with E-state index in [0.717, 1.165) is 80.9 Å². The van der Waals surface area contributed by atoms with Gasteiger partial charge in [-0.05, 0) is 32.6 Å². The van der Waals surface area contributed by atoms with Crippen LogP contribution < -0.4 is 5.32 Å². The van der Waals surface area contributed by atoms with E-state index in [1.54, 1.807) is 0 Å². The molecule has 0 aromatic carbocycles. The third-order valence-electron chi connectivity index (χ3n) is 6.01. The van der Waals surface area contributed by atoms with Crippen LogP contribution in [0.4, 0.5) is 5.69 Å². The first kappa shape index (κ1) is 17.9. The topological polar surface area (TPSA) is 82.8 Å². The van der Waals surface area contributed by atoms with Crippen molar-refractivity contribution in [2.75, 3.05) is 38.4 Å². The van der Waals surface area contributed by atoms with Gasteiger partial charge in [0.15, 0.2) is 5.65 Å². The molecule has 0 amide bonds. The van der Waals surface area contributed by atoms with Crippen molar-refractivity contribution in [1.82, 2.24) is 14.8 Å². The molecule has 3 aliphatic heterocycles. The van der Waals surface area contributed by atoms with Gasteiger partial charge < -0.3 is 19.5 Å². The molecule has 150 valence electrons. The maximum atomic E-state index is 6.11. The van der Waals surface area contributed by atoms with Crippen molar-refractivity contribution in [2.24, 2.45) is 4.99 Å². The van der Waals surface area contributed by atoms with E-state index < -0.39 is 0 Å². The maximum Gasteiger partial charge on any atom is 0.220 e. The molecular weight excluding hydrogens is 358 g/mol. The molecule has 1 N–H and O–H groups in total. The van der Waals surface area contributed by atoms with Crippen LogP contribution in [0.25, 0.3) is 11.0 Å². The van der Waals surface area contributed by atoms with E-state index in [1.165, 1.54) is 0 Å². The fourth-order valence-corrected chi connectivity index (χ4v) is 4.25. The molecule has 0 bridgehead atoms. The number of rotatable bonds is 4. The Balaban J connectivity index is 1.55.